The standard InChI is InChI=1S/C20H24ClNO2S/c1-20(2,3)17-6-4-5-7-18(17)24-14-19(23)22-12-13-25-16-10-8-15(21)9-11-16/h4-11H,12-14H2,1-3H3,(H,22,23). The summed E-state index contributed by atoms with van der Waals surface area (Å²) in [5.74, 6) is 1.45. The van der Waals surface area contributed by atoms with Crippen molar-refractivity contribution in [2.45, 2.75) is 31.1 Å². The van der Waals surface area contributed by atoms with Gasteiger partial charge in [-0.15, -0.1) is 11.8 Å². The molecular formula is C20H24ClNO2S. The van der Waals surface area contributed by atoms with E-state index in [1.807, 2.05) is 48.5 Å². The third-order valence-electron chi connectivity index (χ3n) is 3.56. The zero-order valence-electron chi connectivity index (χ0n) is 14.8. The molecule has 3 nitrogen and oxygen atoms in total. The van der Waals surface area contributed by atoms with Crippen LogP contribution in [0.2, 0.25) is 5.02 Å². The van der Waals surface area contributed by atoms with Crippen molar-refractivity contribution in [3.63, 3.8) is 0 Å². The van der Waals surface area contributed by atoms with Crippen LogP contribution in [0.15, 0.2) is 53.4 Å². The van der Waals surface area contributed by atoms with Gasteiger partial charge in [-0.2, -0.15) is 0 Å². The Balaban J connectivity index is 1.73. The zero-order valence-corrected chi connectivity index (χ0v) is 16.4. The fourth-order valence-corrected chi connectivity index (χ4v) is 3.19. The number of carbonyl (C=O) groups is 1. The number of halogens is 1. The number of thioether (sulfide) groups is 1. The molecule has 1 N–H and O–H groups in total. The second-order valence-electron chi connectivity index (χ2n) is 6.69. The quantitative estimate of drug-likeness (QED) is 0.549. The van der Waals surface area contributed by atoms with Gasteiger partial charge in [0.2, 0.25) is 0 Å². The first-order valence-corrected chi connectivity index (χ1v) is 9.60. The van der Waals surface area contributed by atoms with E-state index in [2.05, 4.69) is 26.1 Å². The van der Waals surface area contributed by atoms with Gasteiger partial charge in [-0.25, -0.2) is 0 Å². The topological polar surface area (TPSA) is 38.3 Å². The number of para-hydroxylation sites is 1. The number of nitrogens with one attached hydrogen (secondary N) is 1. The minimum Gasteiger partial charge on any atom is -0.483 e. The highest BCUT2D eigenvalue weighted by molar-refractivity contribution is 7.99. The van der Waals surface area contributed by atoms with E-state index in [4.69, 9.17) is 16.3 Å². The SMILES string of the molecule is CC(C)(C)c1ccccc1OCC(=O)NCCSc1ccc(Cl)cc1. The highest BCUT2D eigenvalue weighted by Crippen LogP contribution is 2.30. The molecule has 0 fully saturated rings. The number of rotatable bonds is 7. The molecule has 2 aromatic carbocycles. The highest BCUT2D eigenvalue weighted by Gasteiger charge is 2.18. The summed E-state index contributed by atoms with van der Waals surface area (Å²) in [5, 5.41) is 3.61. The maximum atomic E-state index is 12.0. The second-order valence-corrected chi connectivity index (χ2v) is 8.29. The molecule has 0 aliphatic carbocycles. The Hall–Kier alpha value is -1.65. The van der Waals surface area contributed by atoms with Crippen molar-refractivity contribution >= 4 is 29.3 Å². The molecule has 0 spiro atoms. The van der Waals surface area contributed by atoms with Crippen LogP contribution in [0.5, 0.6) is 5.75 Å². The molecule has 0 heterocycles. The van der Waals surface area contributed by atoms with E-state index in [9.17, 15) is 4.79 Å². The molecule has 0 aromatic heterocycles. The molecule has 2 rings (SSSR count). The molecule has 0 aliphatic rings. The van der Waals surface area contributed by atoms with Crippen LogP contribution in [0.3, 0.4) is 0 Å². The number of ether oxygens (including phenoxy) is 1. The van der Waals surface area contributed by atoms with Gasteiger partial charge in [-0.05, 0) is 41.3 Å². The summed E-state index contributed by atoms with van der Waals surface area (Å²) in [6.45, 7) is 7.00. The van der Waals surface area contributed by atoms with E-state index < -0.39 is 0 Å². The lowest BCUT2D eigenvalue weighted by molar-refractivity contribution is -0.122. The summed E-state index contributed by atoms with van der Waals surface area (Å²) in [6.07, 6.45) is 0. The Morgan fingerprint density at radius 2 is 1.80 bits per heavy atom. The largest absolute Gasteiger partial charge is 0.483 e. The molecule has 0 atom stereocenters. The summed E-state index contributed by atoms with van der Waals surface area (Å²) in [6, 6.07) is 15.5. The zero-order chi connectivity index (χ0) is 18.3. The van der Waals surface area contributed by atoms with Gasteiger partial charge in [-0.3, -0.25) is 4.79 Å². The molecular weight excluding hydrogens is 354 g/mol. The second kappa shape index (κ2) is 9.16. The van der Waals surface area contributed by atoms with E-state index in [-0.39, 0.29) is 17.9 Å². The lowest BCUT2D eigenvalue weighted by Gasteiger charge is -2.22. The Morgan fingerprint density at radius 1 is 1.12 bits per heavy atom. The summed E-state index contributed by atoms with van der Waals surface area (Å²) in [4.78, 5) is 13.1. The van der Waals surface area contributed by atoms with E-state index >= 15 is 0 Å². The lowest BCUT2D eigenvalue weighted by atomic mass is 9.86. The van der Waals surface area contributed by atoms with E-state index in [0.29, 0.717) is 6.54 Å². The Bertz CT molecular complexity index is 696. The molecule has 0 aliphatic heterocycles. The molecule has 1 amide bonds. The first-order valence-electron chi connectivity index (χ1n) is 8.23. The van der Waals surface area contributed by atoms with Gasteiger partial charge in [0.15, 0.2) is 6.61 Å². The predicted molar refractivity (Wildman–Crippen MR) is 106 cm³/mol. The van der Waals surface area contributed by atoms with Crippen LogP contribution in [0, 0.1) is 0 Å². The smallest absolute Gasteiger partial charge is 0.257 e. The molecule has 0 saturated carbocycles. The van der Waals surface area contributed by atoms with Crippen molar-refractivity contribution < 1.29 is 9.53 Å². The molecule has 0 saturated heterocycles. The van der Waals surface area contributed by atoms with Crippen LogP contribution in [0.1, 0.15) is 26.3 Å². The van der Waals surface area contributed by atoms with Gasteiger partial charge in [0.1, 0.15) is 5.75 Å². The van der Waals surface area contributed by atoms with Gasteiger partial charge in [-0.1, -0.05) is 50.6 Å². The van der Waals surface area contributed by atoms with Gasteiger partial charge in [0.25, 0.3) is 5.91 Å². The third kappa shape index (κ3) is 6.63. The van der Waals surface area contributed by atoms with Crippen molar-refractivity contribution in [3.8, 4) is 5.75 Å². The molecule has 0 unspecified atom stereocenters. The van der Waals surface area contributed by atoms with Crippen LogP contribution < -0.4 is 10.1 Å². The van der Waals surface area contributed by atoms with Gasteiger partial charge in [0, 0.05) is 22.2 Å². The van der Waals surface area contributed by atoms with Crippen LogP contribution in [-0.2, 0) is 10.2 Å². The van der Waals surface area contributed by atoms with Crippen molar-refractivity contribution in [1.82, 2.24) is 5.32 Å². The molecule has 5 heteroatoms. The van der Waals surface area contributed by atoms with Crippen LogP contribution in [0.4, 0.5) is 0 Å². The van der Waals surface area contributed by atoms with Crippen LogP contribution >= 0.6 is 23.4 Å². The fourth-order valence-electron chi connectivity index (χ4n) is 2.30. The first-order chi connectivity index (χ1) is 11.9. The van der Waals surface area contributed by atoms with Gasteiger partial charge in [0.05, 0.1) is 0 Å². The maximum Gasteiger partial charge on any atom is 0.257 e. The Labute approximate surface area is 159 Å². The van der Waals surface area contributed by atoms with E-state index in [1.165, 1.54) is 0 Å². The number of carbonyl (C=O) groups excluding carboxylic acids is 1. The van der Waals surface area contributed by atoms with Crippen molar-refractivity contribution in [2.24, 2.45) is 0 Å². The number of hydrogen-bond acceptors (Lipinski definition) is 3. The van der Waals surface area contributed by atoms with Gasteiger partial charge >= 0.3 is 0 Å². The number of amides is 1. The minimum absolute atomic E-state index is 0.0255. The predicted octanol–water partition coefficient (Wildman–Crippen LogP) is 4.92. The minimum atomic E-state index is -0.111. The van der Waals surface area contributed by atoms with Crippen LogP contribution in [-0.4, -0.2) is 24.8 Å². The molecule has 2 aromatic rings. The Morgan fingerprint density at radius 3 is 2.48 bits per heavy atom. The molecule has 0 bridgehead atoms. The lowest BCUT2D eigenvalue weighted by Crippen LogP contribution is -2.31. The summed E-state index contributed by atoms with van der Waals surface area (Å²) >= 11 is 7.54. The Kier molecular flexibility index (Phi) is 7.21. The molecule has 25 heavy (non-hydrogen) atoms. The van der Waals surface area contributed by atoms with Crippen molar-refractivity contribution in [1.29, 1.82) is 0 Å². The van der Waals surface area contributed by atoms with E-state index in [1.54, 1.807) is 11.8 Å². The fraction of sp³-hybridized carbons (Fsp3) is 0.350. The van der Waals surface area contributed by atoms with Crippen LogP contribution in [0.25, 0.3) is 0 Å². The van der Waals surface area contributed by atoms with Crippen molar-refractivity contribution in [3.05, 3.63) is 59.1 Å². The number of hydrogen-bond donors (Lipinski definition) is 1. The third-order valence-corrected chi connectivity index (χ3v) is 4.83. The van der Waals surface area contributed by atoms with Gasteiger partial charge < -0.3 is 10.1 Å². The monoisotopic (exact) mass is 377 g/mol. The first kappa shape index (κ1) is 19.7. The average molecular weight is 378 g/mol. The highest BCUT2D eigenvalue weighted by atomic mass is 35.5. The van der Waals surface area contributed by atoms with E-state index in [0.717, 1.165) is 27.0 Å². The summed E-state index contributed by atoms with van der Waals surface area (Å²) in [7, 11) is 0. The maximum absolute atomic E-state index is 12.0. The van der Waals surface area contributed by atoms with Crippen molar-refractivity contribution in [2.75, 3.05) is 18.9 Å². The molecule has 0 radical (unpaired) electrons. The normalized spacial score (nSPS) is 11.2. The summed E-state index contributed by atoms with van der Waals surface area (Å²) in [5.41, 5.74) is 1.07. The molecule has 134 valence electrons. The summed E-state index contributed by atoms with van der Waals surface area (Å²) < 4.78 is 5.72. The number of benzene rings is 2. The average Bonchev–Trinajstić information content (AvgIpc) is 2.58.